The number of nitrogens with zero attached hydrogens (tertiary/aromatic N) is 1. The first-order valence-corrected chi connectivity index (χ1v) is 9.11. The van der Waals surface area contributed by atoms with E-state index < -0.39 is 0 Å². The summed E-state index contributed by atoms with van der Waals surface area (Å²) < 4.78 is 16.3. The highest BCUT2D eigenvalue weighted by Crippen LogP contribution is 2.37. The molecule has 2 aliphatic heterocycles. The molecule has 1 amide bonds. The number of hydrogen-bond donors (Lipinski definition) is 0. The molecule has 0 bridgehead atoms. The number of benzene rings is 2. The van der Waals surface area contributed by atoms with Crippen molar-refractivity contribution in [3.63, 3.8) is 0 Å². The van der Waals surface area contributed by atoms with Gasteiger partial charge in [-0.2, -0.15) is 0 Å². The van der Waals surface area contributed by atoms with Crippen LogP contribution in [-0.2, 0) is 4.79 Å². The van der Waals surface area contributed by atoms with Crippen molar-refractivity contribution in [2.45, 2.75) is 12.3 Å². The highest BCUT2D eigenvalue weighted by atomic mass is 35.5. The van der Waals surface area contributed by atoms with E-state index in [1.807, 2.05) is 23.1 Å². The Morgan fingerprint density at radius 3 is 2.88 bits per heavy atom. The topological polar surface area (TPSA) is 48.0 Å². The van der Waals surface area contributed by atoms with Gasteiger partial charge in [-0.1, -0.05) is 29.3 Å². The Balaban J connectivity index is 1.36. The molecule has 1 saturated heterocycles. The van der Waals surface area contributed by atoms with Crippen LogP contribution in [0.3, 0.4) is 0 Å². The number of carbonyl (C=O) groups is 1. The molecular weight excluding hydrogens is 377 g/mol. The maximum atomic E-state index is 12.5. The first-order valence-electron chi connectivity index (χ1n) is 8.35. The SMILES string of the molecule is O=C(COc1cc(Cl)ccc1Cl)N1CCC(c2ccc3c(c2)OCO3)C1. The number of ether oxygens (including phenoxy) is 3. The van der Waals surface area contributed by atoms with E-state index in [0.29, 0.717) is 28.9 Å². The number of rotatable bonds is 4. The predicted molar refractivity (Wildman–Crippen MR) is 98.5 cm³/mol. The lowest BCUT2D eigenvalue weighted by molar-refractivity contribution is -0.132. The highest BCUT2D eigenvalue weighted by molar-refractivity contribution is 6.34. The fourth-order valence-corrected chi connectivity index (χ4v) is 3.58. The number of amides is 1. The van der Waals surface area contributed by atoms with Crippen LogP contribution in [-0.4, -0.2) is 37.3 Å². The zero-order chi connectivity index (χ0) is 18.1. The summed E-state index contributed by atoms with van der Waals surface area (Å²) in [4.78, 5) is 14.3. The molecular formula is C19H17Cl2NO4. The molecule has 1 unspecified atom stereocenters. The minimum Gasteiger partial charge on any atom is -0.482 e. The van der Waals surface area contributed by atoms with Crippen molar-refractivity contribution in [2.24, 2.45) is 0 Å². The summed E-state index contributed by atoms with van der Waals surface area (Å²) in [6.07, 6.45) is 0.906. The third-order valence-corrected chi connectivity index (χ3v) is 5.20. The molecule has 1 atom stereocenters. The van der Waals surface area contributed by atoms with Gasteiger partial charge in [-0.05, 0) is 36.2 Å². The maximum absolute atomic E-state index is 12.5. The summed E-state index contributed by atoms with van der Waals surface area (Å²) in [6.45, 7) is 1.56. The standard InChI is InChI=1S/C19H17Cl2NO4/c20-14-2-3-15(21)17(8-14)24-10-19(23)22-6-5-13(9-22)12-1-4-16-18(7-12)26-11-25-16/h1-4,7-8,13H,5-6,9-11H2. The third kappa shape index (κ3) is 3.55. The van der Waals surface area contributed by atoms with E-state index >= 15 is 0 Å². The van der Waals surface area contributed by atoms with E-state index in [1.54, 1.807) is 18.2 Å². The Morgan fingerprint density at radius 1 is 1.15 bits per heavy atom. The van der Waals surface area contributed by atoms with Crippen LogP contribution in [0.4, 0.5) is 0 Å². The Bertz CT molecular complexity index is 842. The van der Waals surface area contributed by atoms with E-state index in [4.69, 9.17) is 37.4 Å². The molecule has 4 rings (SSSR count). The van der Waals surface area contributed by atoms with Gasteiger partial charge in [0, 0.05) is 30.1 Å². The van der Waals surface area contributed by atoms with Gasteiger partial charge >= 0.3 is 0 Å². The second-order valence-corrected chi connectivity index (χ2v) is 7.15. The number of fused-ring (bicyclic) bond motifs is 1. The van der Waals surface area contributed by atoms with Crippen LogP contribution in [0.15, 0.2) is 36.4 Å². The minimum atomic E-state index is -0.0655. The summed E-state index contributed by atoms with van der Waals surface area (Å²) in [5.41, 5.74) is 1.16. The van der Waals surface area contributed by atoms with Crippen molar-refractivity contribution < 1.29 is 19.0 Å². The van der Waals surface area contributed by atoms with E-state index in [2.05, 4.69) is 0 Å². The molecule has 0 spiro atoms. The molecule has 0 aromatic heterocycles. The van der Waals surface area contributed by atoms with Crippen LogP contribution in [0.25, 0.3) is 0 Å². The van der Waals surface area contributed by atoms with E-state index in [9.17, 15) is 4.79 Å². The predicted octanol–water partition coefficient (Wildman–Crippen LogP) is 4.12. The minimum absolute atomic E-state index is 0.0616. The zero-order valence-corrected chi connectivity index (χ0v) is 15.4. The Morgan fingerprint density at radius 2 is 2.00 bits per heavy atom. The Kier molecular flexibility index (Phi) is 4.83. The summed E-state index contributed by atoms with van der Waals surface area (Å²) in [5, 5.41) is 0.947. The van der Waals surface area contributed by atoms with Gasteiger partial charge in [-0.3, -0.25) is 4.79 Å². The third-order valence-electron chi connectivity index (χ3n) is 4.65. The molecule has 7 heteroatoms. The van der Waals surface area contributed by atoms with Gasteiger partial charge in [0.2, 0.25) is 6.79 Å². The molecule has 0 aliphatic carbocycles. The van der Waals surface area contributed by atoms with Crippen LogP contribution >= 0.6 is 23.2 Å². The maximum Gasteiger partial charge on any atom is 0.260 e. The fraction of sp³-hybridized carbons (Fsp3) is 0.316. The number of carbonyl (C=O) groups excluding carboxylic acids is 1. The average molecular weight is 394 g/mol. The van der Waals surface area contributed by atoms with Gasteiger partial charge in [0.1, 0.15) is 5.75 Å². The Labute approximate surface area is 161 Å². The van der Waals surface area contributed by atoms with Gasteiger partial charge in [0.05, 0.1) is 5.02 Å². The molecule has 0 saturated carbocycles. The second-order valence-electron chi connectivity index (χ2n) is 6.30. The van der Waals surface area contributed by atoms with Crippen molar-refractivity contribution >= 4 is 29.1 Å². The summed E-state index contributed by atoms with van der Waals surface area (Å²) >= 11 is 12.0. The van der Waals surface area contributed by atoms with Gasteiger partial charge in [-0.15, -0.1) is 0 Å². The molecule has 26 heavy (non-hydrogen) atoms. The van der Waals surface area contributed by atoms with Crippen molar-refractivity contribution in [1.29, 1.82) is 0 Å². The first-order chi connectivity index (χ1) is 12.6. The number of likely N-dealkylation sites (tertiary alicyclic amines) is 1. The van der Waals surface area contributed by atoms with Crippen LogP contribution < -0.4 is 14.2 Å². The normalized spacial score (nSPS) is 18.2. The smallest absolute Gasteiger partial charge is 0.260 e. The lowest BCUT2D eigenvalue weighted by Crippen LogP contribution is -2.32. The van der Waals surface area contributed by atoms with Crippen molar-refractivity contribution in [2.75, 3.05) is 26.5 Å². The first kappa shape index (κ1) is 17.3. The molecule has 2 aliphatic rings. The molecule has 1 fully saturated rings. The second kappa shape index (κ2) is 7.25. The van der Waals surface area contributed by atoms with Crippen molar-refractivity contribution in [3.8, 4) is 17.2 Å². The zero-order valence-electron chi connectivity index (χ0n) is 13.9. The quantitative estimate of drug-likeness (QED) is 0.783. The van der Waals surface area contributed by atoms with Crippen LogP contribution in [0.5, 0.6) is 17.2 Å². The average Bonchev–Trinajstić information content (AvgIpc) is 3.30. The molecule has 136 valence electrons. The van der Waals surface area contributed by atoms with Gasteiger partial charge in [0.25, 0.3) is 5.91 Å². The number of halogens is 2. The molecule has 0 radical (unpaired) electrons. The molecule has 2 aromatic carbocycles. The van der Waals surface area contributed by atoms with Gasteiger partial charge in [-0.25, -0.2) is 0 Å². The van der Waals surface area contributed by atoms with E-state index in [0.717, 1.165) is 23.5 Å². The van der Waals surface area contributed by atoms with Crippen molar-refractivity contribution in [3.05, 3.63) is 52.0 Å². The lowest BCUT2D eigenvalue weighted by Gasteiger charge is -2.17. The van der Waals surface area contributed by atoms with E-state index in [-0.39, 0.29) is 25.2 Å². The van der Waals surface area contributed by atoms with Crippen LogP contribution in [0.1, 0.15) is 17.9 Å². The lowest BCUT2D eigenvalue weighted by atomic mass is 9.98. The summed E-state index contributed by atoms with van der Waals surface area (Å²) in [5.74, 6) is 2.17. The summed E-state index contributed by atoms with van der Waals surface area (Å²) in [6, 6.07) is 10.9. The monoisotopic (exact) mass is 393 g/mol. The summed E-state index contributed by atoms with van der Waals surface area (Å²) in [7, 11) is 0. The molecule has 2 aromatic rings. The molecule has 2 heterocycles. The van der Waals surface area contributed by atoms with Crippen LogP contribution in [0.2, 0.25) is 10.0 Å². The Hall–Kier alpha value is -2.11. The number of hydrogen-bond acceptors (Lipinski definition) is 4. The molecule has 5 nitrogen and oxygen atoms in total. The molecule has 0 N–H and O–H groups in total. The van der Waals surface area contributed by atoms with Crippen molar-refractivity contribution in [1.82, 2.24) is 4.90 Å². The largest absolute Gasteiger partial charge is 0.482 e. The van der Waals surface area contributed by atoms with Gasteiger partial charge in [0.15, 0.2) is 18.1 Å². The fourth-order valence-electron chi connectivity index (χ4n) is 3.24. The van der Waals surface area contributed by atoms with Crippen LogP contribution in [0, 0.1) is 0 Å². The highest BCUT2D eigenvalue weighted by Gasteiger charge is 2.28. The van der Waals surface area contributed by atoms with E-state index in [1.165, 1.54) is 0 Å². The van der Waals surface area contributed by atoms with Gasteiger partial charge < -0.3 is 19.1 Å².